The molecule has 1 heterocycles. The number of carbonyl (C=O) groups is 3. The first-order valence-electron chi connectivity index (χ1n) is 8.80. The summed E-state index contributed by atoms with van der Waals surface area (Å²) in [5.74, 6) is -0.816. The third kappa shape index (κ3) is 5.04. The van der Waals surface area contributed by atoms with Crippen LogP contribution < -0.4 is 10.6 Å². The maximum atomic E-state index is 12.5. The van der Waals surface area contributed by atoms with E-state index in [9.17, 15) is 14.4 Å². The summed E-state index contributed by atoms with van der Waals surface area (Å²) in [6, 6.07) is 16.8. The van der Waals surface area contributed by atoms with E-state index in [0.29, 0.717) is 22.5 Å². The number of aromatic nitrogens is 1. The molecule has 0 saturated heterocycles. The normalized spacial score (nSPS) is 10.1. The van der Waals surface area contributed by atoms with Crippen LogP contribution in [0.5, 0.6) is 0 Å². The lowest BCUT2D eigenvalue weighted by molar-refractivity contribution is 0.0600. The molecule has 0 atom stereocenters. The molecule has 0 bridgehead atoms. The minimum Gasteiger partial charge on any atom is -0.465 e. The second-order valence-electron chi connectivity index (χ2n) is 6.21. The van der Waals surface area contributed by atoms with Crippen molar-refractivity contribution in [3.63, 3.8) is 0 Å². The van der Waals surface area contributed by atoms with E-state index in [1.54, 1.807) is 60.7 Å². The molecule has 3 aromatic rings. The van der Waals surface area contributed by atoms with Gasteiger partial charge in [0.25, 0.3) is 5.91 Å². The molecular weight excluding hydrogens is 370 g/mol. The van der Waals surface area contributed by atoms with Gasteiger partial charge in [-0.15, -0.1) is 0 Å². The fraction of sp³-hybridized carbons (Fsp3) is 0.0909. The molecule has 0 fully saturated rings. The van der Waals surface area contributed by atoms with E-state index in [0.717, 1.165) is 5.69 Å². The van der Waals surface area contributed by atoms with E-state index in [1.807, 2.05) is 0 Å². The molecule has 0 spiro atoms. The Bertz CT molecular complexity index is 1040. The van der Waals surface area contributed by atoms with Crippen molar-refractivity contribution in [2.24, 2.45) is 0 Å². The molecule has 0 saturated carbocycles. The van der Waals surface area contributed by atoms with Gasteiger partial charge in [0, 0.05) is 28.8 Å². The molecule has 7 nitrogen and oxygen atoms in total. The van der Waals surface area contributed by atoms with Crippen molar-refractivity contribution >= 4 is 34.7 Å². The summed E-state index contributed by atoms with van der Waals surface area (Å²) < 4.78 is 4.67. The summed E-state index contributed by atoms with van der Waals surface area (Å²) >= 11 is 0. The molecule has 2 N–H and O–H groups in total. The van der Waals surface area contributed by atoms with Gasteiger partial charge in [-0.05, 0) is 67.6 Å². The van der Waals surface area contributed by atoms with Crippen molar-refractivity contribution in [3.05, 3.63) is 83.7 Å². The minimum absolute atomic E-state index is 0.0389. The highest BCUT2D eigenvalue weighted by atomic mass is 16.5. The van der Waals surface area contributed by atoms with Crippen LogP contribution in [0.25, 0.3) is 0 Å². The Labute approximate surface area is 167 Å². The molecular formula is C22H19N3O4. The zero-order valence-electron chi connectivity index (χ0n) is 15.9. The third-order valence-electron chi connectivity index (χ3n) is 4.14. The maximum absolute atomic E-state index is 12.5. The van der Waals surface area contributed by atoms with E-state index in [2.05, 4.69) is 20.4 Å². The monoisotopic (exact) mass is 389 g/mol. The fourth-order valence-corrected chi connectivity index (χ4v) is 2.59. The maximum Gasteiger partial charge on any atom is 0.337 e. The Morgan fingerprint density at radius 2 is 1.45 bits per heavy atom. The van der Waals surface area contributed by atoms with Gasteiger partial charge in [0.15, 0.2) is 5.78 Å². The largest absolute Gasteiger partial charge is 0.465 e. The first kappa shape index (κ1) is 19.8. The summed E-state index contributed by atoms with van der Waals surface area (Å²) in [5, 5.41) is 5.91. The lowest BCUT2D eigenvalue weighted by Crippen LogP contribution is -2.14. The molecule has 3 rings (SSSR count). The van der Waals surface area contributed by atoms with Crippen LogP contribution in [0.3, 0.4) is 0 Å². The zero-order chi connectivity index (χ0) is 20.8. The number of esters is 1. The molecule has 2 aromatic carbocycles. The first-order valence-corrected chi connectivity index (χ1v) is 8.80. The van der Waals surface area contributed by atoms with E-state index in [4.69, 9.17) is 0 Å². The molecule has 29 heavy (non-hydrogen) atoms. The summed E-state index contributed by atoms with van der Waals surface area (Å²) in [7, 11) is 1.33. The summed E-state index contributed by atoms with van der Waals surface area (Å²) in [5.41, 5.74) is 3.24. The summed E-state index contributed by atoms with van der Waals surface area (Å²) in [6.07, 6.45) is 1.53. The predicted molar refractivity (Wildman–Crippen MR) is 110 cm³/mol. The van der Waals surface area contributed by atoms with E-state index < -0.39 is 5.97 Å². The van der Waals surface area contributed by atoms with Crippen LogP contribution in [0.1, 0.15) is 38.1 Å². The Morgan fingerprint density at radius 3 is 2.07 bits per heavy atom. The van der Waals surface area contributed by atoms with Gasteiger partial charge in [-0.2, -0.15) is 0 Å². The Morgan fingerprint density at radius 1 is 0.828 bits per heavy atom. The molecule has 0 aliphatic rings. The fourth-order valence-electron chi connectivity index (χ4n) is 2.59. The van der Waals surface area contributed by atoms with Crippen LogP contribution in [-0.4, -0.2) is 29.8 Å². The van der Waals surface area contributed by atoms with Gasteiger partial charge in [-0.25, -0.2) is 4.79 Å². The molecule has 1 amide bonds. The van der Waals surface area contributed by atoms with E-state index in [-0.39, 0.29) is 17.4 Å². The molecule has 7 heteroatoms. The van der Waals surface area contributed by atoms with Gasteiger partial charge in [0.2, 0.25) is 0 Å². The third-order valence-corrected chi connectivity index (χ3v) is 4.14. The van der Waals surface area contributed by atoms with Crippen molar-refractivity contribution in [1.82, 2.24) is 4.98 Å². The number of ketones is 1. The molecule has 1 aromatic heterocycles. The molecule has 0 unspecified atom stereocenters. The van der Waals surface area contributed by atoms with Gasteiger partial charge < -0.3 is 15.4 Å². The van der Waals surface area contributed by atoms with Crippen LogP contribution in [0.15, 0.2) is 66.9 Å². The minimum atomic E-state index is -0.407. The second kappa shape index (κ2) is 8.79. The number of carbonyl (C=O) groups excluding carboxylic acids is 3. The highest BCUT2D eigenvalue weighted by Gasteiger charge is 2.10. The average Bonchev–Trinajstić information content (AvgIpc) is 2.74. The number of hydrogen-bond acceptors (Lipinski definition) is 6. The van der Waals surface area contributed by atoms with E-state index >= 15 is 0 Å². The zero-order valence-corrected chi connectivity index (χ0v) is 15.9. The van der Waals surface area contributed by atoms with Crippen LogP contribution in [0, 0.1) is 0 Å². The van der Waals surface area contributed by atoms with Crippen LogP contribution in [0.4, 0.5) is 17.1 Å². The van der Waals surface area contributed by atoms with Gasteiger partial charge in [-0.1, -0.05) is 0 Å². The molecule has 146 valence electrons. The molecule has 0 aliphatic carbocycles. The SMILES string of the molecule is COC(=O)c1ccc(Nc2ccnc(C(=O)Nc3ccc(C(C)=O)cc3)c2)cc1. The summed E-state index contributed by atoms with van der Waals surface area (Å²) in [6.45, 7) is 1.49. The van der Waals surface area contributed by atoms with Crippen LogP contribution in [0.2, 0.25) is 0 Å². The number of anilines is 3. The number of ether oxygens (including phenoxy) is 1. The van der Waals surface area contributed by atoms with Crippen molar-refractivity contribution in [2.45, 2.75) is 6.92 Å². The number of amides is 1. The van der Waals surface area contributed by atoms with Crippen LogP contribution in [-0.2, 0) is 4.74 Å². The topological polar surface area (TPSA) is 97.4 Å². The number of benzene rings is 2. The summed E-state index contributed by atoms with van der Waals surface area (Å²) in [4.78, 5) is 39.4. The highest BCUT2D eigenvalue weighted by Crippen LogP contribution is 2.19. The Hall–Kier alpha value is -4.00. The quantitative estimate of drug-likeness (QED) is 0.487. The van der Waals surface area contributed by atoms with Crippen molar-refractivity contribution in [2.75, 3.05) is 17.7 Å². The molecule has 0 radical (unpaired) electrons. The number of nitrogens with zero attached hydrogens (tertiary/aromatic N) is 1. The van der Waals surface area contributed by atoms with Crippen LogP contribution >= 0.6 is 0 Å². The van der Waals surface area contributed by atoms with Crippen molar-refractivity contribution in [1.29, 1.82) is 0 Å². The van der Waals surface area contributed by atoms with Gasteiger partial charge in [-0.3, -0.25) is 14.6 Å². The lowest BCUT2D eigenvalue weighted by Gasteiger charge is -2.09. The molecule has 0 aliphatic heterocycles. The standard InChI is InChI=1S/C22H19N3O4/c1-14(26)15-3-7-18(8-4-15)25-21(27)20-13-19(11-12-23-20)24-17-9-5-16(6-10-17)22(28)29-2/h3-13H,1-2H3,(H,23,24)(H,25,27). The van der Waals surface area contributed by atoms with Gasteiger partial charge in [0.1, 0.15) is 5.69 Å². The second-order valence-corrected chi connectivity index (χ2v) is 6.21. The number of hydrogen-bond donors (Lipinski definition) is 2. The Kier molecular flexibility index (Phi) is 5.99. The number of nitrogens with one attached hydrogen (secondary N) is 2. The average molecular weight is 389 g/mol. The van der Waals surface area contributed by atoms with Crippen molar-refractivity contribution < 1.29 is 19.1 Å². The number of rotatable bonds is 6. The van der Waals surface area contributed by atoms with Gasteiger partial charge >= 0.3 is 5.97 Å². The smallest absolute Gasteiger partial charge is 0.337 e. The number of methoxy groups -OCH3 is 1. The number of pyridine rings is 1. The highest BCUT2D eigenvalue weighted by molar-refractivity contribution is 6.03. The lowest BCUT2D eigenvalue weighted by atomic mass is 10.1. The van der Waals surface area contributed by atoms with E-state index in [1.165, 1.54) is 20.2 Å². The number of Topliss-reactive ketones (excluding diaryl/α,β-unsaturated/α-hetero) is 1. The Balaban J connectivity index is 1.69. The predicted octanol–water partition coefficient (Wildman–Crippen LogP) is 4.07. The van der Waals surface area contributed by atoms with Gasteiger partial charge in [0.05, 0.1) is 12.7 Å². The first-order chi connectivity index (χ1) is 14.0. The van der Waals surface area contributed by atoms with Crippen molar-refractivity contribution in [3.8, 4) is 0 Å².